The van der Waals surface area contributed by atoms with Gasteiger partial charge in [0.2, 0.25) is 0 Å². The first kappa shape index (κ1) is 13.6. The van der Waals surface area contributed by atoms with Gasteiger partial charge in [0.05, 0.1) is 13.1 Å². The van der Waals surface area contributed by atoms with Gasteiger partial charge in [0.1, 0.15) is 0 Å². The minimum Gasteiger partial charge on any atom is -0.428 e. The van der Waals surface area contributed by atoms with Gasteiger partial charge in [-0.3, -0.25) is 0 Å². The van der Waals surface area contributed by atoms with Crippen LogP contribution in [0.25, 0.3) is 0 Å². The van der Waals surface area contributed by atoms with Gasteiger partial charge in [-0.15, -0.1) is 4.20 Å². The maximum absolute atomic E-state index is 4.82. The first-order valence-corrected chi connectivity index (χ1v) is 6.61. The lowest BCUT2D eigenvalue weighted by molar-refractivity contribution is -0.662. The Kier molecular flexibility index (Phi) is 6.53. The van der Waals surface area contributed by atoms with Crippen molar-refractivity contribution in [2.24, 2.45) is 0 Å². The second-order valence-electron chi connectivity index (χ2n) is 4.08. The van der Waals surface area contributed by atoms with Gasteiger partial charge in [0.15, 0.2) is 0 Å². The largest absolute Gasteiger partial charge is 0.428 e. The normalized spacial score (nSPS) is 14.8. The number of benzene rings is 1. The molecule has 16 heavy (non-hydrogen) atoms. The molecule has 0 spiro atoms. The van der Waals surface area contributed by atoms with Crippen LogP contribution in [0.3, 0.4) is 0 Å². The molecule has 0 atom stereocenters. The number of aryl methyl sites for hydroxylation is 1. The highest BCUT2D eigenvalue weighted by Gasteiger charge is 1.97. The molecule has 0 radical (unpaired) electrons. The number of piperidine rings is 1. The summed E-state index contributed by atoms with van der Waals surface area (Å²) < 4.78 is 0.542. The highest BCUT2D eigenvalue weighted by atomic mass is 32.1. The molecule has 1 aromatic carbocycles. The van der Waals surface area contributed by atoms with Crippen molar-refractivity contribution in [1.29, 1.82) is 0 Å². The van der Waals surface area contributed by atoms with E-state index < -0.39 is 0 Å². The highest BCUT2D eigenvalue weighted by Crippen LogP contribution is 2.03. The molecule has 0 saturated carbocycles. The molecule has 1 heterocycles. The number of nitrogens with two attached hydrogens (primary N) is 1. The highest BCUT2D eigenvalue weighted by molar-refractivity contribution is 8.01. The summed E-state index contributed by atoms with van der Waals surface area (Å²) in [4.78, 5) is 0. The van der Waals surface area contributed by atoms with Crippen LogP contribution in [0.5, 0.6) is 0 Å². The lowest BCUT2D eigenvalue weighted by atomic mass is 10.2. The Morgan fingerprint density at radius 2 is 1.69 bits per heavy atom. The minimum atomic E-state index is 0.542. The van der Waals surface area contributed by atoms with Gasteiger partial charge in [-0.2, -0.15) is 0 Å². The topological polar surface area (TPSA) is 16.6 Å². The fourth-order valence-corrected chi connectivity index (χ4v) is 1.86. The summed E-state index contributed by atoms with van der Waals surface area (Å²) in [5, 5.41) is 2.39. The van der Waals surface area contributed by atoms with Crippen LogP contribution < -0.4 is 5.32 Å². The van der Waals surface area contributed by atoms with E-state index in [2.05, 4.69) is 5.32 Å². The summed E-state index contributed by atoms with van der Waals surface area (Å²) in [5.41, 5.74) is 2.20. The smallest absolute Gasteiger partial charge is 0.0755 e. The average molecular weight is 253 g/mol. The molecule has 0 unspecified atom stereocenters. The van der Waals surface area contributed by atoms with Crippen molar-refractivity contribution in [3.63, 3.8) is 0 Å². The first-order valence-electron chi connectivity index (χ1n) is 5.80. The van der Waals surface area contributed by atoms with Gasteiger partial charge >= 0.3 is 0 Å². The van der Waals surface area contributed by atoms with Crippen LogP contribution >= 0.6 is 12.2 Å². The van der Waals surface area contributed by atoms with E-state index in [0.29, 0.717) is 4.20 Å². The van der Waals surface area contributed by atoms with E-state index >= 15 is 0 Å². The van der Waals surface area contributed by atoms with E-state index in [1.807, 2.05) is 31.2 Å². The third-order valence-corrected chi connectivity index (χ3v) is 3.08. The number of rotatable bonds is 1. The maximum Gasteiger partial charge on any atom is 0.0755 e. The molecule has 88 valence electrons. The van der Waals surface area contributed by atoms with Crippen molar-refractivity contribution in [2.45, 2.75) is 26.2 Å². The van der Waals surface area contributed by atoms with E-state index in [9.17, 15) is 0 Å². The monoisotopic (exact) mass is 253 g/mol. The molecule has 1 saturated heterocycles. The fourth-order valence-electron chi connectivity index (χ4n) is 1.59. The van der Waals surface area contributed by atoms with Crippen LogP contribution in [0.1, 0.15) is 30.4 Å². The Bertz CT molecular complexity index is 304. The zero-order valence-corrected chi connectivity index (χ0v) is 11.4. The van der Waals surface area contributed by atoms with Gasteiger partial charge in [0, 0.05) is 0 Å². The number of thiocarbonyl (C=S) groups is 1. The zero-order valence-electron chi connectivity index (χ0n) is 9.74. The van der Waals surface area contributed by atoms with Crippen molar-refractivity contribution < 1.29 is 5.32 Å². The molecule has 2 rings (SSSR count). The SMILES string of the molecule is C1CC[NH2+]CC1.Cc1ccc(C(=S)[S-])cc1. The van der Waals surface area contributed by atoms with E-state index in [4.69, 9.17) is 24.8 Å². The van der Waals surface area contributed by atoms with Crippen molar-refractivity contribution >= 4 is 29.0 Å². The molecular weight excluding hydrogens is 234 g/mol. The van der Waals surface area contributed by atoms with E-state index in [0.717, 1.165) is 5.56 Å². The van der Waals surface area contributed by atoms with Crippen LogP contribution in [-0.4, -0.2) is 17.3 Å². The average Bonchev–Trinajstić information content (AvgIpc) is 2.32. The van der Waals surface area contributed by atoms with Crippen LogP contribution in [0, 0.1) is 6.92 Å². The second-order valence-corrected chi connectivity index (χ2v) is 5.16. The Hall–Kier alpha value is -0.510. The predicted octanol–water partition coefficient (Wildman–Crippen LogP) is 1.95. The molecule has 0 aliphatic carbocycles. The lowest BCUT2D eigenvalue weighted by Crippen LogP contribution is -2.85. The summed E-state index contributed by atoms with van der Waals surface area (Å²) >= 11 is 9.64. The maximum atomic E-state index is 4.82. The summed E-state index contributed by atoms with van der Waals surface area (Å²) in [6.45, 7) is 4.79. The standard InChI is InChI=1S/C8H8S2.C5H11N/c1-6-2-4-7(5-3-6)8(9)10;1-2-4-6-5-3-1/h2-5H,1H3,(H,9,10);6H,1-5H2. The van der Waals surface area contributed by atoms with Gasteiger partial charge in [-0.1, -0.05) is 29.8 Å². The van der Waals surface area contributed by atoms with Crippen molar-refractivity contribution in [1.82, 2.24) is 0 Å². The molecule has 1 aliphatic rings. The fraction of sp³-hybridized carbons (Fsp3) is 0.462. The molecule has 0 bridgehead atoms. The Labute approximate surface area is 109 Å². The molecule has 1 fully saturated rings. The molecule has 2 N–H and O–H groups in total. The molecule has 0 amide bonds. The molecule has 3 heteroatoms. The van der Waals surface area contributed by atoms with E-state index in [-0.39, 0.29) is 0 Å². The quantitative estimate of drug-likeness (QED) is 0.608. The van der Waals surface area contributed by atoms with Crippen molar-refractivity contribution in [3.05, 3.63) is 35.4 Å². The summed E-state index contributed by atoms with van der Waals surface area (Å²) in [6.07, 6.45) is 4.36. The van der Waals surface area contributed by atoms with Gasteiger partial charge in [-0.05, 0) is 31.7 Å². The van der Waals surface area contributed by atoms with Crippen LogP contribution in [0.15, 0.2) is 24.3 Å². The summed E-state index contributed by atoms with van der Waals surface area (Å²) in [5.74, 6) is 0. The third kappa shape index (κ3) is 5.54. The first-order chi connectivity index (χ1) is 7.70. The molecule has 0 aromatic heterocycles. The number of hydrogen-bond acceptors (Lipinski definition) is 2. The third-order valence-electron chi connectivity index (χ3n) is 2.60. The number of quaternary nitrogens is 1. The zero-order chi connectivity index (χ0) is 11.8. The van der Waals surface area contributed by atoms with E-state index in [1.165, 1.54) is 37.9 Å². The molecule has 1 nitrogen and oxygen atoms in total. The minimum absolute atomic E-state index is 0.542. The van der Waals surface area contributed by atoms with Gasteiger partial charge in [-0.25, -0.2) is 0 Å². The number of hydrogen-bond donors (Lipinski definition) is 1. The summed E-state index contributed by atoms with van der Waals surface area (Å²) in [6, 6.07) is 7.91. The molecule has 1 aromatic rings. The van der Waals surface area contributed by atoms with Gasteiger partial charge < -0.3 is 30.2 Å². The van der Waals surface area contributed by atoms with E-state index in [1.54, 1.807) is 0 Å². The Balaban J connectivity index is 0.000000181. The predicted molar refractivity (Wildman–Crippen MR) is 75.8 cm³/mol. The molecular formula is C13H19NS2. The summed E-state index contributed by atoms with van der Waals surface area (Å²) in [7, 11) is 0. The van der Waals surface area contributed by atoms with Crippen LogP contribution in [-0.2, 0) is 12.6 Å². The lowest BCUT2D eigenvalue weighted by Gasteiger charge is -2.05. The Morgan fingerprint density at radius 3 is 2.00 bits per heavy atom. The second kappa shape index (κ2) is 7.71. The van der Waals surface area contributed by atoms with Crippen LogP contribution in [0.2, 0.25) is 0 Å². The molecule has 1 aliphatic heterocycles. The Morgan fingerprint density at radius 1 is 1.12 bits per heavy atom. The van der Waals surface area contributed by atoms with Crippen LogP contribution in [0.4, 0.5) is 0 Å². The van der Waals surface area contributed by atoms with Gasteiger partial charge in [0.25, 0.3) is 0 Å². The van der Waals surface area contributed by atoms with Crippen molar-refractivity contribution in [3.8, 4) is 0 Å². The van der Waals surface area contributed by atoms with Crippen molar-refractivity contribution in [2.75, 3.05) is 13.1 Å².